The predicted molar refractivity (Wildman–Crippen MR) is 60.3 cm³/mol. The third-order valence-electron chi connectivity index (χ3n) is 1.74. The Bertz CT molecular complexity index is 447. The Hall–Kier alpha value is -1.78. The van der Waals surface area contributed by atoms with E-state index >= 15 is 0 Å². The number of nitrogens with zero attached hydrogens (tertiary/aromatic N) is 2. The molecule has 0 amide bonds. The summed E-state index contributed by atoms with van der Waals surface area (Å²) in [5, 5.41) is 8.73. The van der Waals surface area contributed by atoms with Crippen LogP contribution in [-0.4, -0.2) is 7.11 Å². The molecule has 0 radical (unpaired) electrons. The van der Waals surface area contributed by atoms with Gasteiger partial charge in [0.15, 0.2) is 0 Å². The third kappa shape index (κ3) is 2.59. The van der Waals surface area contributed by atoms with Gasteiger partial charge in [0.2, 0.25) is 0 Å². The van der Waals surface area contributed by atoms with E-state index in [0.717, 1.165) is 4.47 Å². The summed E-state index contributed by atoms with van der Waals surface area (Å²) in [6.07, 6.45) is 0. The fourth-order valence-electron chi connectivity index (χ4n) is 1.08. The van der Waals surface area contributed by atoms with Gasteiger partial charge in [0.05, 0.1) is 19.8 Å². The number of ether oxygens (including phenoxy) is 1. The molecule has 0 saturated heterocycles. The summed E-state index contributed by atoms with van der Waals surface area (Å²) >= 11 is 3.31. The van der Waals surface area contributed by atoms with Crippen LogP contribution >= 0.6 is 15.9 Å². The maximum absolute atomic E-state index is 8.73. The van der Waals surface area contributed by atoms with Gasteiger partial charge in [0.25, 0.3) is 0 Å². The number of halogens is 1. The first-order chi connectivity index (χ1) is 7.22. The highest BCUT2D eigenvalue weighted by Gasteiger charge is 2.09. The molecule has 0 heterocycles. The molecule has 0 aliphatic heterocycles. The summed E-state index contributed by atoms with van der Waals surface area (Å²) in [6.45, 7) is 6.84. The Morgan fingerprint density at radius 3 is 2.47 bits per heavy atom. The van der Waals surface area contributed by atoms with Crippen molar-refractivity contribution >= 4 is 21.7 Å². The van der Waals surface area contributed by atoms with Crippen LogP contribution in [0.3, 0.4) is 0 Å². The Morgan fingerprint density at radius 1 is 1.47 bits per heavy atom. The molecule has 0 aliphatic rings. The second-order valence-electron chi connectivity index (χ2n) is 2.61. The van der Waals surface area contributed by atoms with Crippen molar-refractivity contribution in [1.82, 2.24) is 0 Å². The lowest BCUT2D eigenvalue weighted by Crippen LogP contribution is -1.90. The monoisotopic (exact) mass is 262 g/mol. The Morgan fingerprint density at radius 2 is 2.07 bits per heavy atom. The third-order valence-corrected chi connectivity index (χ3v) is 2.27. The Labute approximate surface area is 96.5 Å². The first-order valence-corrected chi connectivity index (χ1v) is 4.84. The number of hydrogen-bond donors (Lipinski definition) is 0. The molecule has 3 nitrogen and oxygen atoms in total. The van der Waals surface area contributed by atoms with Crippen LogP contribution in [0.2, 0.25) is 0 Å². The van der Waals surface area contributed by atoms with Gasteiger partial charge in [0, 0.05) is 10.0 Å². The maximum Gasteiger partial charge on any atom is 0.303 e. The summed E-state index contributed by atoms with van der Waals surface area (Å²) in [5.41, 5.74) is 0.674. The molecule has 1 aromatic carbocycles. The average molecular weight is 263 g/mol. The fourth-order valence-corrected chi connectivity index (χ4v) is 1.34. The zero-order valence-electron chi connectivity index (χ0n) is 7.99. The summed E-state index contributed by atoms with van der Waals surface area (Å²) in [6, 6.07) is 9.02. The zero-order chi connectivity index (χ0) is 11.3. The van der Waals surface area contributed by atoms with Gasteiger partial charge in [-0.15, -0.1) is 0 Å². The van der Waals surface area contributed by atoms with Gasteiger partial charge in [-0.1, -0.05) is 28.1 Å². The van der Waals surface area contributed by atoms with Crippen LogP contribution in [0.25, 0.3) is 10.6 Å². The molecular weight excluding hydrogens is 256 g/mol. The Balaban J connectivity index is 3.27. The van der Waals surface area contributed by atoms with Crippen molar-refractivity contribution < 1.29 is 4.74 Å². The van der Waals surface area contributed by atoms with Gasteiger partial charge in [-0.25, -0.2) is 10.1 Å². The van der Waals surface area contributed by atoms with Crippen molar-refractivity contribution in [2.75, 3.05) is 7.11 Å². The number of benzene rings is 1. The molecule has 0 fully saturated rings. The fraction of sp³-hybridized carbons (Fsp3) is 0.0909. The number of methoxy groups -OCH3 is 1. The number of allylic oxidation sites excluding steroid dienone is 1. The highest BCUT2D eigenvalue weighted by Crippen LogP contribution is 2.22. The molecule has 1 aromatic rings. The van der Waals surface area contributed by atoms with Gasteiger partial charge in [0.1, 0.15) is 5.76 Å². The molecule has 0 saturated carbocycles. The lowest BCUT2D eigenvalue weighted by Gasteiger charge is -2.06. The van der Waals surface area contributed by atoms with Gasteiger partial charge < -0.3 is 4.74 Å². The van der Waals surface area contributed by atoms with Crippen LogP contribution in [0, 0.1) is 17.9 Å². The summed E-state index contributed by atoms with van der Waals surface area (Å²) in [7, 11) is 1.44. The smallest absolute Gasteiger partial charge is 0.303 e. The van der Waals surface area contributed by atoms with Gasteiger partial charge >= 0.3 is 5.70 Å². The molecule has 0 unspecified atom stereocenters. The normalized spacial score (nSPS) is 10.9. The second kappa shape index (κ2) is 5.19. The van der Waals surface area contributed by atoms with Crippen molar-refractivity contribution in [3.8, 4) is 6.07 Å². The van der Waals surface area contributed by atoms with Crippen LogP contribution in [0.5, 0.6) is 0 Å². The summed E-state index contributed by atoms with van der Waals surface area (Å²) in [4.78, 5) is 3.11. The molecule has 0 atom stereocenters. The molecule has 15 heavy (non-hydrogen) atoms. The molecule has 74 valence electrons. The maximum atomic E-state index is 8.73. The summed E-state index contributed by atoms with van der Waals surface area (Å²) in [5.74, 6) is 0.306. The Kier molecular flexibility index (Phi) is 3.91. The topological polar surface area (TPSA) is 37.4 Å². The number of rotatable bonds is 2. The van der Waals surface area contributed by atoms with E-state index < -0.39 is 0 Å². The molecule has 0 N–H and O–H groups in total. The van der Waals surface area contributed by atoms with Crippen LogP contribution in [-0.2, 0) is 4.74 Å². The minimum absolute atomic E-state index is 0.0418. The number of nitriles is 1. The highest BCUT2D eigenvalue weighted by molar-refractivity contribution is 9.10. The van der Waals surface area contributed by atoms with E-state index in [9.17, 15) is 0 Å². The quantitative estimate of drug-likeness (QED) is 0.466. The van der Waals surface area contributed by atoms with Crippen molar-refractivity contribution in [2.24, 2.45) is 0 Å². The van der Waals surface area contributed by atoms with E-state index in [1.807, 2.05) is 12.1 Å². The first-order valence-electron chi connectivity index (χ1n) is 4.04. The lowest BCUT2D eigenvalue weighted by molar-refractivity contribution is 0.368. The molecule has 4 heteroatoms. The minimum Gasteiger partial charge on any atom is -0.506 e. The zero-order valence-corrected chi connectivity index (χ0v) is 9.58. The van der Waals surface area contributed by atoms with Crippen molar-refractivity contribution in [1.29, 1.82) is 5.26 Å². The SMILES string of the molecule is [C-]#[N+]/C(C#N)=C(/OC)c1ccc(Br)cc1. The molecule has 0 aliphatic carbocycles. The van der Waals surface area contributed by atoms with Crippen LogP contribution in [0.4, 0.5) is 0 Å². The van der Waals surface area contributed by atoms with Crippen LogP contribution in [0.1, 0.15) is 5.56 Å². The van der Waals surface area contributed by atoms with Crippen molar-refractivity contribution in [3.63, 3.8) is 0 Å². The van der Waals surface area contributed by atoms with Crippen LogP contribution < -0.4 is 0 Å². The lowest BCUT2D eigenvalue weighted by atomic mass is 10.1. The van der Waals surface area contributed by atoms with Gasteiger partial charge in [-0.3, -0.25) is 0 Å². The van der Waals surface area contributed by atoms with Gasteiger partial charge in [-0.2, -0.15) is 0 Å². The van der Waals surface area contributed by atoms with E-state index in [1.165, 1.54) is 7.11 Å². The predicted octanol–water partition coefficient (Wildman–Crippen LogP) is 3.21. The molecule has 0 bridgehead atoms. The van der Waals surface area contributed by atoms with E-state index in [0.29, 0.717) is 11.3 Å². The standard InChI is InChI=1S/C11H7BrN2O/c1-14-10(7-13)11(15-2)8-3-5-9(12)6-4-8/h3-6H,2H3/b11-10+. The van der Waals surface area contributed by atoms with Crippen LogP contribution in [0.15, 0.2) is 34.4 Å². The second-order valence-corrected chi connectivity index (χ2v) is 3.53. The average Bonchev–Trinajstić information content (AvgIpc) is 2.27. The number of hydrogen-bond acceptors (Lipinski definition) is 2. The minimum atomic E-state index is -0.0418. The van der Waals surface area contributed by atoms with Gasteiger partial charge in [-0.05, 0) is 12.1 Å². The van der Waals surface area contributed by atoms with Crippen molar-refractivity contribution in [2.45, 2.75) is 0 Å². The molecule has 0 spiro atoms. The highest BCUT2D eigenvalue weighted by atomic mass is 79.9. The van der Waals surface area contributed by atoms with E-state index in [2.05, 4.69) is 20.8 Å². The summed E-state index contributed by atoms with van der Waals surface area (Å²) < 4.78 is 5.98. The molecule has 0 aromatic heterocycles. The van der Waals surface area contributed by atoms with E-state index in [4.69, 9.17) is 16.6 Å². The van der Waals surface area contributed by atoms with E-state index in [1.54, 1.807) is 18.2 Å². The molecular formula is C11H7BrN2O. The molecule has 1 rings (SSSR count). The van der Waals surface area contributed by atoms with E-state index in [-0.39, 0.29) is 5.70 Å². The van der Waals surface area contributed by atoms with Crippen molar-refractivity contribution in [3.05, 3.63) is 51.4 Å². The first kappa shape index (κ1) is 11.3. The largest absolute Gasteiger partial charge is 0.506 e.